The third kappa shape index (κ3) is 1.68. The lowest BCUT2D eigenvalue weighted by Gasteiger charge is -1.94. The number of benzene rings is 1. The van der Waals surface area contributed by atoms with Gasteiger partial charge < -0.3 is 0 Å². The molecule has 0 bridgehead atoms. The van der Waals surface area contributed by atoms with Crippen LogP contribution in [0.1, 0.15) is 10.4 Å². The Hall–Kier alpha value is -1.22. The molecule has 0 fully saturated rings. The number of nitrogens with zero attached hydrogens (tertiary/aromatic N) is 2. The summed E-state index contributed by atoms with van der Waals surface area (Å²) in [6, 6.07) is 10.3. The van der Waals surface area contributed by atoms with Crippen LogP contribution in [0.15, 0.2) is 30.3 Å². The van der Waals surface area contributed by atoms with E-state index in [1.165, 1.54) is 17.1 Å². The first-order chi connectivity index (χ1) is 5.95. The topological polar surface area (TPSA) is 25.8 Å². The van der Waals surface area contributed by atoms with Crippen LogP contribution in [0, 0.1) is 6.20 Å². The van der Waals surface area contributed by atoms with E-state index < -0.39 is 0 Å². The van der Waals surface area contributed by atoms with Gasteiger partial charge >= 0.3 is 0 Å². The fourth-order valence-corrected chi connectivity index (χ4v) is 1.51. The number of aromatic nitrogens is 2. The molecule has 0 aliphatic heterocycles. The van der Waals surface area contributed by atoms with Gasteiger partial charge in [0.15, 0.2) is 0 Å². The van der Waals surface area contributed by atoms with Crippen molar-refractivity contribution in [2.45, 2.75) is 6.42 Å². The normalized spacial score (nSPS) is 10.0. The first-order valence-corrected chi connectivity index (χ1v) is 4.45. The lowest BCUT2D eigenvalue weighted by Crippen LogP contribution is -1.82. The van der Waals surface area contributed by atoms with Gasteiger partial charge in [-0.25, -0.2) is 0 Å². The van der Waals surface area contributed by atoms with Crippen LogP contribution in [-0.4, -0.2) is 9.59 Å². The van der Waals surface area contributed by atoms with Gasteiger partial charge in [0.1, 0.15) is 6.20 Å². The van der Waals surface area contributed by atoms with Gasteiger partial charge in [-0.2, -0.15) is 0 Å². The summed E-state index contributed by atoms with van der Waals surface area (Å²) < 4.78 is 3.75. The van der Waals surface area contributed by atoms with Gasteiger partial charge in [0.05, 0.1) is 4.88 Å². The van der Waals surface area contributed by atoms with Gasteiger partial charge in [-0.15, -0.1) is 5.10 Å². The Balaban J connectivity index is 2.15. The average Bonchev–Trinajstić information content (AvgIpc) is 2.59. The first-order valence-electron chi connectivity index (χ1n) is 3.68. The van der Waals surface area contributed by atoms with E-state index in [4.69, 9.17) is 0 Å². The van der Waals surface area contributed by atoms with Crippen molar-refractivity contribution >= 4 is 11.5 Å². The molecule has 1 radical (unpaired) electrons. The van der Waals surface area contributed by atoms with Crippen LogP contribution in [0.4, 0.5) is 0 Å². The van der Waals surface area contributed by atoms with E-state index in [0.29, 0.717) is 0 Å². The van der Waals surface area contributed by atoms with Crippen molar-refractivity contribution in [2.75, 3.05) is 0 Å². The Labute approximate surface area is 75.0 Å². The van der Waals surface area contributed by atoms with Crippen LogP contribution in [0.25, 0.3) is 0 Å². The minimum atomic E-state index is 0.887. The van der Waals surface area contributed by atoms with Gasteiger partial charge in [-0.1, -0.05) is 34.8 Å². The predicted octanol–water partition coefficient (Wildman–Crippen LogP) is 1.93. The maximum absolute atomic E-state index is 3.75. The molecule has 0 atom stereocenters. The van der Waals surface area contributed by atoms with Crippen LogP contribution >= 0.6 is 11.5 Å². The van der Waals surface area contributed by atoms with Gasteiger partial charge in [-0.3, -0.25) is 0 Å². The molecular weight excluding hydrogens is 168 g/mol. The summed E-state index contributed by atoms with van der Waals surface area (Å²) in [7, 11) is 0. The standard InChI is InChI=1S/C9H7N2S/c1-2-4-8(5-3-1)6-9-7-10-11-12-9/h1-5H,6H2. The van der Waals surface area contributed by atoms with Gasteiger partial charge in [0, 0.05) is 6.42 Å². The highest BCUT2D eigenvalue weighted by Gasteiger charge is 1.97. The molecule has 0 aliphatic carbocycles. The van der Waals surface area contributed by atoms with Gasteiger partial charge in [-0.05, 0) is 17.1 Å². The molecule has 0 saturated heterocycles. The van der Waals surface area contributed by atoms with Crippen molar-refractivity contribution in [3.63, 3.8) is 0 Å². The largest absolute Gasteiger partial charge is 0.136 e. The minimum absolute atomic E-state index is 0.887. The Kier molecular flexibility index (Phi) is 2.14. The summed E-state index contributed by atoms with van der Waals surface area (Å²) in [5, 5.41) is 3.66. The molecule has 59 valence electrons. The average molecular weight is 175 g/mol. The zero-order valence-corrected chi connectivity index (χ0v) is 7.21. The van der Waals surface area contributed by atoms with Crippen molar-refractivity contribution in [3.8, 4) is 0 Å². The SMILES string of the molecule is [c]1nnsc1Cc1ccccc1. The zero-order chi connectivity index (χ0) is 8.23. The Morgan fingerprint density at radius 1 is 1.25 bits per heavy atom. The molecule has 2 rings (SSSR count). The molecule has 0 N–H and O–H groups in total. The molecule has 12 heavy (non-hydrogen) atoms. The van der Waals surface area contributed by atoms with E-state index in [-0.39, 0.29) is 0 Å². The molecule has 0 aliphatic rings. The summed E-state index contributed by atoms with van der Waals surface area (Å²) in [5.74, 6) is 0. The molecule has 2 nitrogen and oxygen atoms in total. The van der Waals surface area contributed by atoms with E-state index in [0.717, 1.165) is 11.3 Å². The second-order valence-corrected chi connectivity index (χ2v) is 3.31. The maximum Gasteiger partial charge on any atom is 0.130 e. The van der Waals surface area contributed by atoms with Gasteiger partial charge in [0.25, 0.3) is 0 Å². The van der Waals surface area contributed by atoms with Crippen LogP contribution in [-0.2, 0) is 6.42 Å². The molecular formula is C9H7N2S. The fraction of sp³-hybridized carbons (Fsp3) is 0.111. The fourth-order valence-electron chi connectivity index (χ4n) is 1.02. The van der Waals surface area contributed by atoms with E-state index in [2.05, 4.69) is 27.9 Å². The molecule has 2 aromatic rings. The Morgan fingerprint density at radius 2 is 2.08 bits per heavy atom. The third-order valence-corrected chi connectivity index (χ3v) is 2.19. The quantitative estimate of drug-likeness (QED) is 0.697. The highest BCUT2D eigenvalue weighted by molar-refractivity contribution is 7.05. The Bertz CT molecular complexity index is 329. The van der Waals surface area contributed by atoms with Crippen molar-refractivity contribution in [1.82, 2.24) is 9.59 Å². The molecule has 3 heteroatoms. The minimum Gasteiger partial charge on any atom is -0.136 e. The van der Waals surface area contributed by atoms with Gasteiger partial charge in [0.2, 0.25) is 0 Å². The summed E-state index contributed by atoms with van der Waals surface area (Å²) >= 11 is 1.40. The molecule has 0 spiro atoms. The van der Waals surface area contributed by atoms with Crippen LogP contribution < -0.4 is 0 Å². The van der Waals surface area contributed by atoms with E-state index in [1.54, 1.807) is 0 Å². The molecule has 1 aromatic heterocycles. The van der Waals surface area contributed by atoms with Crippen LogP contribution in [0.3, 0.4) is 0 Å². The molecule has 0 amide bonds. The van der Waals surface area contributed by atoms with Crippen molar-refractivity contribution in [3.05, 3.63) is 47.0 Å². The molecule has 1 heterocycles. The van der Waals surface area contributed by atoms with Crippen LogP contribution in [0.5, 0.6) is 0 Å². The van der Waals surface area contributed by atoms with Crippen molar-refractivity contribution in [1.29, 1.82) is 0 Å². The third-order valence-electron chi connectivity index (χ3n) is 1.57. The Morgan fingerprint density at radius 3 is 2.75 bits per heavy atom. The molecule has 0 saturated carbocycles. The van der Waals surface area contributed by atoms with E-state index >= 15 is 0 Å². The van der Waals surface area contributed by atoms with Crippen molar-refractivity contribution in [2.24, 2.45) is 0 Å². The summed E-state index contributed by atoms with van der Waals surface area (Å²) in [6.45, 7) is 0. The van der Waals surface area contributed by atoms with E-state index in [1.807, 2.05) is 18.2 Å². The van der Waals surface area contributed by atoms with Crippen LogP contribution in [0.2, 0.25) is 0 Å². The second kappa shape index (κ2) is 3.45. The number of hydrogen-bond acceptors (Lipinski definition) is 3. The molecule has 1 aromatic carbocycles. The predicted molar refractivity (Wildman–Crippen MR) is 48.0 cm³/mol. The number of rotatable bonds is 2. The summed E-state index contributed by atoms with van der Waals surface area (Å²) in [4.78, 5) is 1.08. The first kappa shape index (κ1) is 7.43. The van der Waals surface area contributed by atoms with E-state index in [9.17, 15) is 0 Å². The monoisotopic (exact) mass is 175 g/mol. The number of hydrogen-bond donors (Lipinski definition) is 0. The smallest absolute Gasteiger partial charge is 0.130 e. The lowest BCUT2D eigenvalue weighted by atomic mass is 10.1. The summed E-state index contributed by atoms with van der Waals surface area (Å²) in [6.07, 6.45) is 3.73. The highest BCUT2D eigenvalue weighted by Crippen LogP contribution is 2.09. The summed E-state index contributed by atoms with van der Waals surface area (Å²) in [5.41, 5.74) is 1.28. The highest BCUT2D eigenvalue weighted by atomic mass is 32.1. The second-order valence-electron chi connectivity index (χ2n) is 2.47. The lowest BCUT2D eigenvalue weighted by molar-refractivity contribution is 1.12. The maximum atomic E-state index is 3.75. The zero-order valence-electron chi connectivity index (χ0n) is 6.40. The van der Waals surface area contributed by atoms with Crippen molar-refractivity contribution < 1.29 is 0 Å². The molecule has 0 unspecified atom stereocenters.